The second-order valence-corrected chi connectivity index (χ2v) is 3.38. The fourth-order valence-electron chi connectivity index (χ4n) is 1.66. The Morgan fingerprint density at radius 2 is 2.31 bits per heavy atom. The van der Waals surface area contributed by atoms with E-state index in [9.17, 15) is 9.59 Å². The first-order chi connectivity index (χ1) is 7.63. The van der Waals surface area contributed by atoms with E-state index in [0.717, 1.165) is 4.57 Å². The first-order valence-electron chi connectivity index (χ1n) is 4.91. The summed E-state index contributed by atoms with van der Waals surface area (Å²) in [7, 11) is 0. The summed E-state index contributed by atoms with van der Waals surface area (Å²) in [4.78, 5) is 26.0. The molecule has 0 unspecified atom stereocenters. The number of aromatic nitrogens is 3. The Morgan fingerprint density at radius 1 is 1.56 bits per heavy atom. The molecule has 0 aromatic carbocycles. The van der Waals surface area contributed by atoms with E-state index in [1.54, 1.807) is 22.9 Å². The zero-order valence-electron chi connectivity index (χ0n) is 8.75. The number of aliphatic carboxylic acids is 1. The van der Waals surface area contributed by atoms with Gasteiger partial charge < -0.3 is 9.67 Å². The summed E-state index contributed by atoms with van der Waals surface area (Å²) < 4.78 is 2.96. The summed E-state index contributed by atoms with van der Waals surface area (Å²) in [5.74, 6) is -0.528. The van der Waals surface area contributed by atoms with Gasteiger partial charge in [-0.05, 0) is 19.1 Å². The fourth-order valence-corrected chi connectivity index (χ4v) is 1.66. The Labute approximate surface area is 91.1 Å². The van der Waals surface area contributed by atoms with Crippen molar-refractivity contribution < 1.29 is 9.90 Å². The highest BCUT2D eigenvalue weighted by molar-refractivity contribution is 5.68. The number of carbonyl (C=O) groups is 1. The lowest BCUT2D eigenvalue weighted by Crippen LogP contribution is -2.21. The summed E-state index contributed by atoms with van der Waals surface area (Å²) in [5, 5.41) is 8.70. The first-order valence-corrected chi connectivity index (χ1v) is 4.91. The number of hydrogen-bond donors (Lipinski definition) is 1. The van der Waals surface area contributed by atoms with Crippen molar-refractivity contribution in [1.82, 2.24) is 14.1 Å². The van der Waals surface area contributed by atoms with Gasteiger partial charge in [-0.15, -0.1) is 0 Å². The second kappa shape index (κ2) is 3.80. The van der Waals surface area contributed by atoms with Gasteiger partial charge in [-0.25, -0.2) is 4.79 Å². The Balaban J connectivity index is 2.62. The van der Waals surface area contributed by atoms with Crippen molar-refractivity contribution >= 4 is 5.97 Å². The van der Waals surface area contributed by atoms with E-state index in [-0.39, 0.29) is 6.54 Å². The maximum atomic E-state index is 11.5. The second-order valence-electron chi connectivity index (χ2n) is 3.38. The molecule has 0 radical (unpaired) electrons. The van der Waals surface area contributed by atoms with Crippen molar-refractivity contribution in [3.63, 3.8) is 0 Å². The highest BCUT2D eigenvalue weighted by Crippen LogP contribution is 2.17. The highest BCUT2D eigenvalue weighted by Gasteiger charge is 2.17. The molecule has 2 heterocycles. The molecular formula is C10H11N3O3. The highest BCUT2D eigenvalue weighted by atomic mass is 16.4. The van der Waals surface area contributed by atoms with Gasteiger partial charge in [-0.3, -0.25) is 9.36 Å². The van der Waals surface area contributed by atoms with Gasteiger partial charge >= 0.3 is 11.7 Å². The van der Waals surface area contributed by atoms with Crippen LogP contribution >= 0.6 is 0 Å². The number of nitrogens with zero attached hydrogens (tertiary/aromatic N) is 3. The van der Waals surface area contributed by atoms with Crippen LogP contribution < -0.4 is 5.69 Å². The van der Waals surface area contributed by atoms with Crippen LogP contribution in [0.25, 0.3) is 11.5 Å². The average molecular weight is 221 g/mol. The van der Waals surface area contributed by atoms with Gasteiger partial charge in [0.2, 0.25) is 0 Å². The summed E-state index contributed by atoms with van der Waals surface area (Å²) >= 11 is 0. The van der Waals surface area contributed by atoms with E-state index >= 15 is 0 Å². The van der Waals surface area contributed by atoms with E-state index in [4.69, 9.17) is 5.11 Å². The molecule has 0 saturated carbocycles. The Bertz CT molecular complexity index is 555. The third-order valence-electron chi connectivity index (χ3n) is 2.38. The van der Waals surface area contributed by atoms with Crippen LogP contribution in [0.4, 0.5) is 0 Å². The van der Waals surface area contributed by atoms with Gasteiger partial charge in [0.05, 0.1) is 5.69 Å². The lowest BCUT2D eigenvalue weighted by Gasteiger charge is -2.09. The lowest BCUT2D eigenvalue weighted by molar-refractivity contribution is -0.137. The van der Waals surface area contributed by atoms with Crippen LogP contribution in [0, 0.1) is 0 Å². The molecule has 0 atom stereocenters. The minimum Gasteiger partial charge on any atom is -0.480 e. The topological polar surface area (TPSA) is 77.1 Å². The molecule has 0 fully saturated rings. The summed E-state index contributed by atoms with van der Waals surface area (Å²) in [6, 6.07) is 3.46. The van der Waals surface area contributed by atoms with Crippen molar-refractivity contribution in [1.29, 1.82) is 0 Å². The predicted molar refractivity (Wildman–Crippen MR) is 56.4 cm³/mol. The van der Waals surface area contributed by atoms with Gasteiger partial charge in [0.1, 0.15) is 6.54 Å². The molecule has 6 nitrogen and oxygen atoms in total. The Kier molecular flexibility index (Phi) is 2.47. The van der Waals surface area contributed by atoms with Gasteiger partial charge in [0.15, 0.2) is 5.82 Å². The molecule has 0 aromatic heterocycles. The number of carboxylic acid groups (broad SMARTS) is 1. The number of fused-ring (bicyclic) bond motifs is 1. The quantitative estimate of drug-likeness (QED) is 0.806. The van der Waals surface area contributed by atoms with Crippen LogP contribution in [0.1, 0.15) is 6.92 Å². The number of carboxylic acids is 1. The van der Waals surface area contributed by atoms with Crippen molar-refractivity contribution in [3.8, 4) is 11.5 Å². The van der Waals surface area contributed by atoms with Crippen molar-refractivity contribution in [2.45, 2.75) is 20.0 Å². The molecule has 2 rings (SSSR count). The third kappa shape index (κ3) is 1.58. The van der Waals surface area contributed by atoms with Crippen LogP contribution in [-0.4, -0.2) is 25.2 Å². The first kappa shape index (κ1) is 10.4. The molecule has 84 valence electrons. The molecule has 0 bridgehead atoms. The predicted octanol–water partition coefficient (Wildman–Crippen LogP) is 0.254. The molecule has 16 heavy (non-hydrogen) atoms. The van der Waals surface area contributed by atoms with E-state index in [2.05, 4.69) is 4.98 Å². The molecule has 0 aliphatic carbocycles. The number of pyridine rings is 1. The van der Waals surface area contributed by atoms with Crippen LogP contribution in [0.2, 0.25) is 0 Å². The molecule has 1 N–H and O–H groups in total. The largest absolute Gasteiger partial charge is 0.480 e. The molecule has 0 spiro atoms. The maximum Gasteiger partial charge on any atom is 0.350 e. The standard InChI is InChI=1S/C10H11N3O3/c1-2-12-5-3-4-7-9(12)11-10(16)13(7)6-8(14)15/h3-5H,2,6H2,1H3,(H,14,15). The van der Waals surface area contributed by atoms with Crippen molar-refractivity contribution in [2.24, 2.45) is 0 Å². The van der Waals surface area contributed by atoms with Crippen LogP contribution in [-0.2, 0) is 17.9 Å². The lowest BCUT2D eigenvalue weighted by atomic mass is 10.3. The van der Waals surface area contributed by atoms with Crippen LogP contribution in [0.15, 0.2) is 23.1 Å². The summed E-state index contributed by atoms with van der Waals surface area (Å²) in [6.45, 7) is 2.25. The van der Waals surface area contributed by atoms with Gasteiger partial charge in [-0.2, -0.15) is 4.98 Å². The van der Waals surface area contributed by atoms with E-state index in [1.807, 2.05) is 6.92 Å². The van der Waals surface area contributed by atoms with Gasteiger partial charge in [0.25, 0.3) is 0 Å². The average Bonchev–Trinajstić information content (AvgIpc) is 2.55. The minimum atomic E-state index is -1.05. The monoisotopic (exact) mass is 221 g/mol. The van der Waals surface area contributed by atoms with Crippen molar-refractivity contribution in [2.75, 3.05) is 0 Å². The van der Waals surface area contributed by atoms with Crippen LogP contribution in [0.3, 0.4) is 0 Å². The third-order valence-corrected chi connectivity index (χ3v) is 2.38. The molecule has 0 amide bonds. The molecular weight excluding hydrogens is 210 g/mol. The van der Waals surface area contributed by atoms with Crippen molar-refractivity contribution in [3.05, 3.63) is 28.8 Å². The minimum absolute atomic E-state index is 0.358. The Morgan fingerprint density at radius 3 is 2.94 bits per heavy atom. The fraction of sp³-hybridized carbons (Fsp3) is 0.300. The Hall–Kier alpha value is -2.11. The number of aryl methyl sites for hydroxylation is 1. The molecule has 2 aliphatic heterocycles. The van der Waals surface area contributed by atoms with Crippen LogP contribution in [0.5, 0.6) is 0 Å². The molecule has 6 heteroatoms. The molecule has 2 aliphatic rings. The maximum absolute atomic E-state index is 11.5. The molecule has 0 aromatic rings. The van der Waals surface area contributed by atoms with E-state index < -0.39 is 11.7 Å². The molecule has 0 saturated heterocycles. The SMILES string of the molecule is CCn1cccc2n(CC(=O)O)c(=O)nc1-2. The summed E-state index contributed by atoms with van der Waals surface area (Å²) in [6.07, 6.45) is 1.81. The zero-order valence-corrected chi connectivity index (χ0v) is 8.75. The zero-order chi connectivity index (χ0) is 11.7. The number of imidazole rings is 1. The van der Waals surface area contributed by atoms with E-state index in [1.165, 1.54) is 0 Å². The smallest absolute Gasteiger partial charge is 0.350 e. The number of hydrogen-bond acceptors (Lipinski definition) is 3. The van der Waals surface area contributed by atoms with Gasteiger partial charge in [0, 0.05) is 12.7 Å². The summed E-state index contributed by atoms with van der Waals surface area (Å²) in [5.41, 5.74) is 0.0301. The number of rotatable bonds is 3. The van der Waals surface area contributed by atoms with E-state index in [0.29, 0.717) is 18.1 Å². The van der Waals surface area contributed by atoms with Gasteiger partial charge in [-0.1, -0.05) is 0 Å². The normalized spacial score (nSPS) is 10.8.